The smallest absolute Gasteiger partial charge is 0.190 e. The van der Waals surface area contributed by atoms with Crippen molar-refractivity contribution < 1.29 is 0 Å². The lowest BCUT2D eigenvalue weighted by molar-refractivity contribution is 0.439. The molecule has 1 aliphatic rings. The quantitative estimate of drug-likeness (QED) is 0.481. The van der Waals surface area contributed by atoms with Crippen molar-refractivity contribution in [1.29, 1.82) is 0 Å². The van der Waals surface area contributed by atoms with Crippen molar-refractivity contribution in [3.63, 3.8) is 0 Å². The van der Waals surface area contributed by atoms with Crippen molar-refractivity contribution in [3.05, 3.63) is 64.0 Å². The van der Waals surface area contributed by atoms with Crippen molar-refractivity contribution in [2.45, 2.75) is 44.6 Å². The van der Waals surface area contributed by atoms with Crippen LogP contribution in [0.5, 0.6) is 0 Å². The fraction of sp³-hybridized carbons (Fsp3) is 0.333. The normalized spacial score (nSPS) is 16.6. The molecule has 0 radical (unpaired) electrons. The zero-order valence-electron chi connectivity index (χ0n) is 14.6. The highest BCUT2D eigenvalue weighted by molar-refractivity contribution is 7.07. The zero-order valence-corrected chi connectivity index (χ0v) is 16.2. The summed E-state index contributed by atoms with van der Waals surface area (Å²) in [5.74, 6) is 0. The molecule has 0 unspecified atom stereocenters. The molecule has 26 heavy (non-hydrogen) atoms. The minimum Gasteiger partial charge on any atom is -0.313 e. The molecule has 0 amide bonds. The summed E-state index contributed by atoms with van der Waals surface area (Å²) in [6.07, 6.45) is 11.3. The SMILES string of the molecule is Clc1cccc(-c2csc(=Nc3cccnc3)n2C2CCCCCC2)c1. The Labute approximate surface area is 163 Å². The van der Waals surface area contributed by atoms with Gasteiger partial charge in [0.25, 0.3) is 0 Å². The molecule has 1 aromatic carbocycles. The van der Waals surface area contributed by atoms with Crippen LogP contribution in [-0.4, -0.2) is 9.55 Å². The Morgan fingerprint density at radius 2 is 1.92 bits per heavy atom. The highest BCUT2D eigenvalue weighted by Gasteiger charge is 2.19. The van der Waals surface area contributed by atoms with Crippen LogP contribution < -0.4 is 4.80 Å². The number of halogens is 1. The minimum atomic E-state index is 0.494. The van der Waals surface area contributed by atoms with Gasteiger partial charge in [0.1, 0.15) is 0 Å². The van der Waals surface area contributed by atoms with E-state index in [1.165, 1.54) is 44.2 Å². The van der Waals surface area contributed by atoms with E-state index in [0.717, 1.165) is 21.1 Å². The van der Waals surface area contributed by atoms with Crippen LogP contribution in [0.15, 0.2) is 59.2 Å². The van der Waals surface area contributed by atoms with Gasteiger partial charge < -0.3 is 4.57 Å². The van der Waals surface area contributed by atoms with Gasteiger partial charge in [0.2, 0.25) is 0 Å². The Hall–Kier alpha value is -1.91. The van der Waals surface area contributed by atoms with Gasteiger partial charge in [-0.05, 0) is 37.1 Å². The third-order valence-electron chi connectivity index (χ3n) is 4.92. The summed E-state index contributed by atoms with van der Waals surface area (Å²) in [7, 11) is 0. The summed E-state index contributed by atoms with van der Waals surface area (Å²) in [6.45, 7) is 0. The summed E-state index contributed by atoms with van der Waals surface area (Å²) in [5.41, 5.74) is 3.27. The third-order valence-corrected chi connectivity index (χ3v) is 6.00. The topological polar surface area (TPSA) is 30.2 Å². The Morgan fingerprint density at radius 1 is 1.08 bits per heavy atom. The number of hydrogen-bond donors (Lipinski definition) is 0. The Balaban J connectivity index is 1.85. The monoisotopic (exact) mass is 383 g/mol. The van der Waals surface area contributed by atoms with Crippen LogP contribution in [0.3, 0.4) is 0 Å². The van der Waals surface area contributed by atoms with Gasteiger partial charge in [-0.25, -0.2) is 4.99 Å². The number of benzene rings is 1. The first-order valence-corrected chi connectivity index (χ1v) is 10.5. The second kappa shape index (κ2) is 8.19. The van der Waals surface area contributed by atoms with Gasteiger partial charge in [0.05, 0.1) is 17.6 Å². The minimum absolute atomic E-state index is 0.494. The van der Waals surface area contributed by atoms with Crippen molar-refractivity contribution >= 4 is 28.6 Å². The summed E-state index contributed by atoms with van der Waals surface area (Å²) < 4.78 is 2.44. The van der Waals surface area contributed by atoms with Crippen molar-refractivity contribution in [1.82, 2.24) is 9.55 Å². The average molecular weight is 384 g/mol. The Kier molecular flexibility index (Phi) is 5.51. The summed E-state index contributed by atoms with van der Waals surface area (Å²) in [4.78, 5) is 10.1. The van der Waals surface area contributed by atoms with E-state index in [-0.39, 0.29) is 0 Å². The molecule has 0 bridgehead atoms. The van der Waals surface area contributed by atoms with Crippen LogP contribution in [0.1, 0.15) is 44.6 Å². The molecule has 134 valence electrons. The molecule has 5 heteroatoms. The largest absolute Gasteiger partial charge is 0.313 e. The molecule has 0 spiro atoms. The maximum Gasteiger partial charge on any atom is 0.190 e. The lowest BCUT2D eigenvalue weighted by Gasteiger charge is -2.20. The van der Waals surface area contributed by atoms with Crippen molar-refractivity contribution in [2.75, 3.05) is 0 Å². The highest BCUT2D eigenvalue weighted by Crippen LogP contribution is 2.32. The fourth-order valence-electron chi connectivity index (χ4n) is 3.66. The number of aromatic nitrogens is 2. The van der Waals surface area contributed by atoms with E-state index in [1.54, 1.807) is 17.5 Å². The van der Waals surface area contributed by atoms with Gasteiger partial charge in [-0.1, -0.05) is 49.4 Å². The van der Waals surface area contributed by atoms with Crippen LogP contribution in [0.25, 0.3) is 11.3 Å². The highest BCUT2D eigenvalue weighted by atomic mass is 35.5. The first-order valence-electron chi connectivity index (χ1n) is 9.22. The summed E-state index contributed by atoms with van der Waals surface area (Å²) >= 11 is 7.96. The maximum atomic E-state index is 6.26. The maximum absolute atomic E-state index is 6.26. The molecule has 0 atom stereocenters. The van der Waals surface area contributed by atoms with Gasteiger partial charge in [-0.2, -0.15) is 0 Å². The third kappa shape index (κ3) is 3.92. The van der Waals surface area contributed by atoms with E-state index in [0.29, 0.717) is 6.04 Å². The van der Waals surface area contributed by atoms with Gasteiger partial charge >= 0.3 is 0 Å². The Morgan fingerprint density at radius 3 is 2.65 bits per heavy atom. The predicted molar refractivity (Wildman–Crippen MR) is 109 cm³/mol. The van der Waals surface area contributed by atoms with Crippen molar-refractivity contribution in [3.8, 4) is 11.3 Å². The molecule has 0 N–H and O–H groups in total. The number of hydrogen-bond acceptors (Lipinski definition) is 3. The zero-order chi connectivity index (χ0) is 17.8. The van der Waals surface area contributed by atoms with E-state index in [9.17, 15) is 0 Å². The fourth-order valence-corrected chi connectivity index (χ4v) is 4.84. The average Bonchev–Trinajstić information content (AvgIpc) is 2.88. The van der Waals surface area contributed by atoms with Gasteiger partial charge in [0, 0.05) is 28.2 Å². The van der Waals surface area contributed by atoms with Gasteiger partial charge in [-0.3, -0.25) is 4.98 Å². The lowest BCUT2D eigenvalue weighted by Crippen LogP contribution is -2.21. The summed E-state index contributed by atoms with van der Waals surface area (Å²) in [5, 5.41) is 2.98. The van der Waals surface area contributed by atoms with Crippen LogP contribution in [-0.2, 0) is 0 Å². The molecule has 2 aromatic heterocycles. The van der Waals surface area contributed by atoms with E-state index in [4.69, 9.17) is 16.6 Å². The molecule has 0 aliphatic heterocycles. The molecular formula is C21H22ClN3S. The molecule has 2 heterocycles. The van der Waals surface area contributed by atoms with Crippen LogP contribution in [0.4, 0.5) is 5.69 Å². The van der Waals surface area contributed by atoms with Crippen LogP contribution >= 0.6 is 22.9 Å². The first kappa shape index (κ1) is 17.5. The predicted octanol–water partition coefficient (Wildman–Crippen LogP) is 6.39. The van der Waals surface area contributed by atoms with E-state index >= 15 is 0 Å². The number of nitrogens with zero attached hydrogens (tertiary/aromatic N) is 3. The van der Waals surface area contributed by atoms with Gasteiger partial charge in [0.15, 0.2) is 4.80 Å². The second-order valence-electron chi connectivity index (χ2n) is 6.75. The number of thiazole rings is 1. The van der Waals surface area contributed by atoms with Gasteiger partial charge in [-0.15, -0.1) is 11.3 Å². The molecule has 1 fully saturated rings. The molecule has 4 rings (SSSR count). The van der Waals surface area contributed by atoms with Crippen LogP contribution in [0, 0.1) is 0 Å². The van der Waals surface area contributed by atoms with E-state index in [1.807, 2.05) is 36.5 Å². The standard InChI is InChI=1S/C21H22ClN3S/c22-17-8-5-7-16(13-17)20-15-26-21(24-18-9-6-12-23-14-18)25(20)19-10-3-1-2-4-11-19/h5-9,12-15,19H,1-4,10-11H2. The van der Waals surface area contributed by atoms with E-state index in [2.05, 4.69) is 21.0 Å². The number of rotatable bonds is 3. The molecule has 1 aliphatic carbocycles. The molecule has 3 nitrogen and oxygen atoms in total. The Bertz CT molecular complexity index is 922. The van der Waals surface area contributed by atoms with Crippen LogP contribution in [0.2, 0.25) is 5.02 Å². The first-order chi connectivity index (χ1) is 12.8. The lowest BCUT2D eigenvalue weighted by atomic mass is 10.1. The van der Waals surface area contributed by atoms with E-state index < -0.39 is 0 Å². The summed E-state index contributed by atoms with van der Waals surface area (Å²) in [6, 6.07) is 12.6. The molecule has 3 aromatic rings. The van der Waals surface area contributed by atoms with Crippen molar-refractivity contribution in [2.24, 2.45) is 4.99 Å². The number of pyridine rings is 1. The second-order valence-corrected chi connectivity index (χ2v) is 8.03. The molecular weight excluding hydrogens is 362 g/mol. The molecule has 0 saturated heterocycles. The molecule has 1 saturated carbocycles.